The van der Waals surface area contributed by atoms with Crippen LogP contribution in [-0.4, -0.2) is 52.9 Å². The normalized spacial score (nSPS) is 22.8. The van der Waals surface area contributed by atoms with Crippen molar-refractivity contribution in [3.8, 4) is 5.75 Å². The molecule has 1 amide bonds. The van der Waals surface area contributed by atoms with E-state index in [4.69, 9.17) is 25.1 Å². The largest absolute Gasteiger partial charge is 0.494 e. The maximum Gasteiger partial charge on any atom is 0.266 e. The van der Waals surface area contributed by atoms with E-state index in [1.165, 1.54) is 0 Å². The predicted molar refractivity (Wildman–Crippen MR) is 166 cm³/mol. The van der Waals surface area contributed by atoms with E-state index in [9.17, 15) is 9.90 Å². The van der Waals surface area contributed by atoms with Crippen LogP contribution in [0.2, 0.25) is 0 Å². The van der Waals surface area contributed by atoms with Crippen LogP contribution in [0.25, 0.3) is 10.4 Å². The first kappa shape index (κ1) is 31.0. The summed E-state index contributed by atoms with van der Waals surface area (Å²) in [5, 5.41) is 22.8. The molecule has 1 heterocycles. The fraction of sp³-hybridized carbons (Fsp3) is 0.394. The number of aliphatic hydroxyl groups is 2. The molecule has 1 aliphatic heterocycles. The number of aliphatic imine (C=N–C) groups is 1. The van der Waals surface area contributed by atoms with Gasteiger partial charge in [-0.3, -0.25) is 10.2 Å². The highest BCUT2D eigenvalue weighted by Crippen LogP contribution is 2.43. The molecule has 3 aromatic carbocycles. The lowest BCUT2D eigenvalue weighted by atomic mass is 9.80. The quantitative estimate of drug-likeness (QED) is 0.0734. The second-order valence-electron chi connectivity index (χ2n) is 11.1. The van der Waals surface area contributed by atoms with Gasteiger partial charge in [0.25, 0.3) is 5.91 Å². The SMILES string of the molecule is [N-]=[N+]=NCc1ccccc1[C@@H]1OC(c2ccc(OCCCO)cc2)=N[C@]1(Cc1ccccc1)C(=O)NNC1CCC(O)CC1. The van der Waals surface area contributed by atoms with E-state index in [2.05, 4.69) is 20.9 Å². The van der Waals surface area contributed by atoms with Gasteiger partial charge in [0.1, 0.15) is 5.75 Å². The summed E-state index contributed by atoms with van der Waals surface area (Å²) in [5.74, 6) is 0.601. The summed E-state index contributed by atoms with van der Waals surface area (Å²) in [7, 11) is 0. The molecule has 1 fully saturated rings. The lowest BCUT2D eigenvalue weighted by Crippen LogP contribution is -2.56. The summed E-state index contributed by atoms with van der Waals surface area (Å²) in [5.41, 5.74) is 16.8. The van der Waals surface area contributed by atoms with Gasteiger partial charge in [0.05, 0.1) is 19.3 Å². The number of nitrogens with one attached hydrogen (secondary N) is 2. The minimum Gasteiger partial charge on any atom is -0.494 e. The van der Waals surface area contributed by atoms with E-state index in [0.717, 1.165) is 24.0 Å². The molecule has 5 rings (SSSR count). The van der Waals surface area contributed by atoms with Crippen molar-refractivity contribution < 1.29 is 24.5 Å². The predicted octanol–water partition coefficient (Wildman–Crippen LogP) is 4.68. The number of amides is 1. The van der Waals surface area contributed by atoms with Crippen molar-refractivity contribution in [1.82, 2.24) is 10.9 Å². The third kappa shape index (κ3) is 7.38. The van der Waals surface area contributed by atoms with Gasteiger partial charge in [0.2, 0.25) is 5.90 Å². The summed E-state index contributed by atoms with van der Waals surface area (Å²) in [4.78, 5) is 22.4. The van der Waals surface area contributed by atoms with Crippen LogP contribution < -0.4 is 15.6 Å². The zero-order valence-corrected chi connectivity index (χ0v) is 24.5. The van der Waals surface area contributed by atoms with Crippen LogP contribution in [0, 0.1) is 0 Å². The smallest absolute Gasteiger partial charge is 0.266 e. The molecule has 0 bridgehead atoms. The minimum atomic E-state index is -1.42. The average Bonchev–Trinajstić information content (AvgIpc) is 3.44. The number of aliphatic hydroxyl groups excluding tert-OH is 2. The Bertz CT molecular complexity index is 1470. The number of azide groups is 1. The van der Waals surface area contributed by atoms with E-state index >= 15 is 0 Å². The van der Waals surface area contributed by atoms with Crippen molar-refractivity contribution in [3.63, 3.8) is 0 Å². The second-order valence-corrected chi connectivity index (χ2v) is 11.1. The zero-order valence-electron chi connectivity index (χ0n) is 24.5. The standard InChI is InChI=1S/C33H38N6O5/c34-39-35-22-25-9-4-5-10-29(25)30-33(21-23-7-2-1-3-8-23,32(42)38-37-26-13-15-27(41)16-14-26)36-31(44-30)24-11-17-28(18-12-24)43-20-6-19-40/h1-5,7-12,17-18,26-27,30,37,40-41H,6,13-16,19-22H2,(H,38,42)/t26?,27?,30-,33-/m0/s1. The van der Waals surface area contributed by atoms with E-state index in [1.807, 2.05) is 66.7 Å². The second kappa shape index (κ2) is 14.9. The maximum atomic E-state index is 14.4. The topological polar surface area (TPSA) is 161 Å². The van der Waals surface area contributed by atoms with E-state index in [0.29, 0.717) is 48.6 Å². The Kier molecular flexibility index (Phi) is 10.5. The van der Waals surface area contributed by atoms with Crippen LogP contribution in [-0.2, 0) is 22.5 Å². The molecule has 4 N–H and O–H groups in total. The average molecular weight is 599 g/mol. The third-order valence-electron chi connectivity index (χ3n) is 8.07. The lowest BCUT2D eigenvalue weighted by Gasteiger charge is -2.33. The number of nitrogens with zero attached hydrogens (tertiary/aromatic N) is 4. The minimum absolute atomic E-state index is 0.0241. The van der Waals surface area contributed by atoms with Crippen LogP contribution in [0.5, 0.6) is 5.75 Å². The Labute approximate surface area is 256 Å². The Balaban J connectivity index is 1.54. The Morgan fingerprint density at radius 2 is 1.77 bits per heavy atom. The molecule has 0 radical (unpaired) electrons. The van der Waals surface area contributed by atoms with Gasteiger partial charge in [-0.25, -0.2) is 10.4 Å². The number of hydrazine groups is 1. The summed E-state index contributed by atoms with van der Waals surface area (Å²) in [6.07, 6.45) is 2.45. The number of benzene rings is 3. The highest BCUT2D eigenvalue weighted by molar-refractivity contribution is 6.01. The molecule has 0 unspecified atom stereocenters. The van der Waals surface area contributed by atoms with Crippen LogP contribution in [0.3, 0.4) is 0 Å². The van der Waals surface area contributed by atoms with Crippen LogP contribution >= 0.6 is 0 Å². The zero-order chi connectivity index (χ0) is 30.8. The number of carbonyl (C=O) groups excluding carboxylic acids is 1. The number of hydrogen-bond acceptors (Lipinski definition) is 8. The molecule has 0 spiro atoms. The molecule has 1 aliphatic carbocycles. The van der Waals surface area contributed by atoms with E-state index in [-0.39, 0.29) is 37.6 Å². The fourth-order valence-corrected chi connectivity index (χ4v) is 5.70. The van der Waals surface area contributed by atoms with Gasteiger partial charge in [-0.2, -0.15) is 0 Å². The molecule has 2 atom stereocenters. The molecule has 2 aliphatic rings. The monoisotopic (exact) mass is 598 g/mol. The molecular weight excluding hydrogens is 560 g/mol. The van der Waals surface area contributed by atoms with Crippen LogP contribution in [0.1, 0.15) is 60.5 Å². The first-order valence-electron chi connectivity index (χ1n) is 15.0. The van der Waals surface area contributed by atoms with Gasteiger partial charge in [-0.1, -0.05) is 59.7 Å². The first-order chi connectivity index (χ1) is 21.5. The first-order valence-corrected chi connectivity index (χ1v) is 15.0. The van der Waals surface area contributed by atoms with Crippen molar-refractivity contribution in [2.75, 3.05) is 13.2 Å². The molecule has 44 heavy (non-hydrogen) atoms. The van der Waals surface area contributed by atoms with Crippen LogP contribution in [0.15, 0.2) is 89.0 Å². The number of hydrogen-bond donors (Lipinski definition) is 4. The van der Waals surface area contributed by atoms with Gasteiger partial charge < -0.3 is 19.7 Å². The fourth-order valence-electron chi connectivity index (χ4n) is 5.70. The molecule has 0 aromatic heterocycles. The maximum absolute atomic E-state index is 14.4. The van der Waals surface area contributed by atoms with Crippen molar-refractivity contribution in [2.24, 2.45) is 10.1 Å². The molecule has 3 aromatic rings. The van der Waals surface area contributed by atoms with Gasteiger partial charge >= 0.3 is 0 Å². The van der Waals surface area contributed by atoms with Gasteiger partial charge in [0, 0.05) is 36.0 Å². The van der Waals surface area contributed by atoms with Gasteiger partial charge in [0.15, 0.2) is 11.6 Å². The Hall–Kier alpha value is -4.41. The number of rotatable bonds is 13. The van der Waals surface area contributed by atoms with Crippen LogP contribution in [0.4, 0.5) is 0 Å². The highest BCUT2D eigenvalue weighted by atomic mass is 16.5. The molecular formula is C33H38N6O5. The summed E-state index contributed by atoms with van der Waals surface area (Å²) >= 11 is 0. The third-order valence-corrected chi connectivity index (χ3v) is 8.07. The number of ether oxygens (including phenoxy) is 2. The molecule has 11 nitrogen and oxygen atoms in total. The van der Waals surface area contributed by atoms with E-state index < -0.39 is 11.6 Å². The molecule has 230 valence electrons. The van der Waals surface area contributed by atoms with Gasteiger partial charge in [-0.15, -0.1) is 0 Å². The Morgan fingerprint density at radius 3 is 2.50 bits per heavy atom. The summed E-state index contributed by atoms with van der Waals surface area (Å²) in [6, 6.07) is 24.5. The summed E-state index contributed by atoms with van der Waals surface area (Å²) < 4.78 is 12.3. The highest BCUT2D eigenvalue weighted by Gasteiger charge is 2.54. The lowest BCUT2D eigenvalue weighted by molar-refractivity contribution is -0.130. The van der Waals surface area contributed by atoms with Crippen molar-refractivity contribution >= 4 is 11.8 Å². The molecule has 0 saturated heterocycles. The Morgan fingerprint density at radius 1 is 1.05 bits per heavy atom. The molecule has 1 saturated carbocycles. The van der Waals surface area contributed by atoms with Crippen molar-refractivity contribution in [1.29, 1.82) is 0 Å². The van der Waals surface area contributed by atoms with Crippen molar-refractivity contribution in [2.45, 2.75) is 68.9 Å². The number of carbonyl (C=O) groups is 1. The van der Waals surface area contributed by atoms with E-state index in [1.54, 1.807) is 12.1 Å². The van der Waals surface area contributed by atoms with Gasteiger partial charge in [-0.05, 0) is 72.2 Å². The van der Waals surface area contributed by atoms with Crippen molar-refractivity contribution in [3.05, 3.63) is 112 Å². The summed E-state index contributed by atoms with van der Waals surface area (Å²) in [6.45, 7) is 0.534. The molecule has 11 heteroatoms.